The van der Waals surface area contributed by atoms with Gasteiger partial charge in [-0.1, -0.05) is 11.8 Å². The highest BCUT2D eigenvalue weighted by atomic mass is 32.1. The Labute approximate surface area is 109 Å². The molecule has 0 aliphatic carbocycles. The molecule has 0 amide bonds. The number of aryl methyl sites for hydroxylation is 1. The lowest BCUT2D eigenvalue weighted by atomic mass is 10.4. The van der Waals surface area contributed by atoms with E-state index in [1.54, 1.807) is 17.8 Å². The average molecular weight is 260 g/mol. The first-order chi connectivity index (χ1) is 8.69. The van der Waals surface area contributed by atoms with Crippen molar-refractivity contribution in [1.29, 1.82) is 0 Å². The largest absolute Gasteiger partial charge is 0.384 e. The molecule has 18 heavy (non-hydrogen) atoms. The van der Waals surface area contributed by atoms with Gasteiger partial charge in [-0.3, -0.25) is 9.36 Å². The Kier molecular flexibility index (Phi) is 3.92. The van der Waals surface area contributed by atoms with Crippen LogP contribution in [-0.4, -0.2) is 21.3 Å². The topological polar surface area (TPSA) is 55.1 Å². The molecule has 2 rings (SSSR count). The number of rotatable bonds is 2. The molecule has 0 aromatic carbocycles. The summed E-state index contributed by atoms with van der Waals surface area (Å²) in [7, 11) is 0. The lowest BCUT2D eigenvalue weighted by Gasteiger charge is -2.02. The minimum absolute atomic E-state index is 0.0566. The van der Waals surface area contributed by atoms with Crippen LogP contribution in [0, 0.1) is 18.8 Å². The second-order valence-electron chi connectivity index (χ2n) is 3.72. The summed E-state index contributed by atoms with van der Waals surface area (Å²) in [5, 5.41) is 8.61. The number of aliphatic hydroxyl groups excluding tert-OH is 1. The second kappa shape index (κ2) is 5.63. The Morgan fingerprint density at radius 1 is 1.50 bits per heavy atom. The summed E-state index contributed by atoms with van der Waals surface area (Å²) in [5.41, 5.74) is 0.663. The van der Waals surface area contributed by atoms with Gasteiger partial charge in [-0.05, 0) is 19.1 Å². The molecule has 2 heterocycles. The third kappa shape index (κ3) is 3.06. The zero-order valence-electron chi connectivity index (χ0n) is 9.88. The van der Waals surface area contributed by atoms with Crippen LogP contribution in [0.3, 0.4) is 0 Å². The number of aromatic nitrogens is 2. The molecule has 0 saturated heterocycles. The zero-order valence-corrected chi connectivity index (χ0v) is 10.7. The van der Waals surface area contributed by atoms with E-state index in [0.717, 1.165) is 15.4 Å². The van der Waals surface area contributed by atoms with Crippen LogP contribution in [0.2, 0.25) is 0 Å². The number of hydrogen-bond donors (Lipinski definition) is 1. The van der Waals surface area contributed by atoms with Crippen LogP contribution in [0.15, 0.2) is 29.3 Å². The first kappa shape index (κ1) is 12.6. The molecule has 5 heteroatoms. The van der Waals surface area contributed by atoms with E-state index in [9.17, 15) is 4.79 Å². The standard InChI is InChI=1S/C13H12N2O2S/c1-10-7-13(17)15(9-14-10)8-12-5-4-11(18-12)3-2-6-16/h4-5,7,9,16H,6,8H2,1H3. The Hall–Kier alpha value is -1.90. The molecule has 0 aliphatic heterocycles. The molecule has 92 valence electrons. The Balaban J connectivity index is 2.19. The summed E-state index contributed by atoms with van der Waals surface area (Å²) in [6.45, 7) is 2.14. The van der Waals surface area contributed by atoms with Gasteiger partial charge in [0.1, 0.15) is 6.61 Å². The van der Waals surface area contributed by atoms with Crippen molar-refractivity contribution in [3.8, 4) is 11.8 Å². The number of nitrogens with zero attached hydrogens (tertiary/aromatic N) is 2. The third-order valence-electron chi connectivity index (χ3n) is 2.29. The molecular formula is C13H12N2O2S. The van der Waals surface area contributed by atoms with Crippen LogP contribution < -0.4 is 5.56 Å². The Morgan fingerprint density at radius 2 is 2.33 bits per heavy atom. The highest BCUT2D eigenvalue weighted by Gasteiger charge is 2.02. The molecule has 0 aliphatic rings. The van der Waals surface area contributed by atoms with Crippen molar-refractivity contribution in [3.05, 3.63) is 50.3 Å². The summed E-state index contributed by atoms with van der Waals surface area (Å²) in [5.74, 6) is 5.44. The fourth-order valence-electron chi connectivity index (χ4n) is 1.46. The SMILES string of the molecule is Cc1cc(=O)n(Cc2ccc(C#CCO)s2)cn1. The lowest BCUT2D eigenvalue weighted by molar-refractivity contribution is 0.350. The van der Waals surface area contributed by atoms with Crippen LogP contribution in [-0.2, 0) is 6.54 Å². The molecule has 0 unspecified atom stereocenters. The maximum Gasteiger partial charge on any atom is 0.253 e. The van der Waals surface area contributed by atoms with Crippen molar-refractivity contribution in [2.24, 2.45) is 0 Å². The highest BCUT2D eigenvalue weighted by molar-refractivity contribution is 7.12. The van der Waals surface area contributed by atoms with Crippen molar-refractivity contribution in [3.63, 3.8) is 0 Å². The quantitative estimate of drug-likeness (QED) is 0.820. The van der Waals surface area contributed by atoms with Gasteiger partial charge >= 0.3 is 0 Å². The molecule has 0 radical (unpaired) electrons. The van der Waals surface area contributed by atoms with Gasteiger partial charge in [-0.25, -0.2) is 4.98 Å². The van der Waals surface area contributed by atoms with Gasteiger partial charge < -0.3 is 5.11 Å². The van der Waals surface area contributed by atoms with Crippen molar-refractivity contribution in [2.75, 3.05) is 6.61 Å². The van der Waals surface area contributed by atoms with Crippen LogP contribution in [0.1, 0.15) is 15.4 Å². The van der Waals surface area contributed by atoms with E-state index in [0.29, 0.717) is 6.54 Å². The van der Waals surface area contributed by atoms with E-state index < -0.39 is 0 Å². The third-order valence-corrected chi connectivity index (χ3v) is 3.28. The van der Waals surface area contributed by atoms with Gasteiger partial charge in [0, 0.05) is 16.6 Å². The van der Waals surface area contributed by atoms with Crippen LogP contribution >= 0.6 is 11.3 Å². The zero-order chi connectivity index (χ0) is 13.0. The van der Waals surface area contributed by atoms with Crippen LogP contribution in [0.4, 0.5) is 0 Å². The van der Waals surface area contributed by atoms with E-state index >= 15 is 0 Å². The predicted octanol–water partition coefficient (Wildman–Crippen LogP) is 1.01. The Morgan fingerprint density at radius 3 is 3.06 bits per heavy atom. The van der Waals surface area contributed by atoms with Crippen molar-refractivity contribution < 1.29 is 5.11 Å². The summed E-state index contributed by atoms with van der Waals surface area (Å²) < 4.78 is 1.56. The normalized spacial score (nSPS) is 9.89. The molecule has 2 aromatic heterocycles. The summed E-state index contributed by atoms with van der Waals surface area (Å²) >= 11 is 1.51. The molecule has 0 fully saturated rings. The number of thiophene rings is 1. The van der Waals surface area contributed by atoms with Gasteiger partial charge in [0.2, 0.25) is 0 Å². The van der Waals surface area contributed by atoms with E-state index in [-0.39, 0.29) is 12.2 Å². The summed E-state index contributed by atoms with van der Waals surface area (Å²) in [4.78, 5) is 17.7. The molecule has 0 saturated carbocycles. The number of aliphatic hydroxyl groups is 1. The van der Waals surface area contributed by atoms with E-state index in [1.807, 2.05) is 12.1 Å². The van der Waals surface area contributed by atoms with Gasteiger partial charge in [-0.2, -0.15) is 0 Å². The Bertz CT molecular complexity index is 661. The molecular weight excluding hydrogens is 248 g/mol. The van der Waals surface area contributed by atoms with Crippen LogP contribution in [0.5, 0.6) is 0 Å². The molecule has 0 atom stereocenters. The first-order valence-corrected chi connectivity index (χ1v) is 6.22. The van der Waals surface area contributed by atoms with Crippen molar-refractivity contribution in [1.82, 2.24) is 9.55 Å². The lowest BCUT2D eigenvalue weighted by Crippen LogP contribution is -2.20. The molecule has 2 aromatic rings. The van der Waals surface area contributed by atoms with E-state index in [1.165, 1.54) is 17.4 Å². The van der Waals surface area contributed by atoms with Gasteiger partial charge in [0.05, 0.1) is 17.7 Å². The first-order valence-electron chi connectivity index (χ1n) is 5.40. The molecule has 4 nitrogen and oxygen atoms in total. The molecule has 0 bridgehead atoms. The predicted molar refractivity (Wildman–Crippen MR) is 70.6 cm³/mol. The van der Waals surface area contributed by atoms with Crippen molar-refractivity contribution in [2.45, 2.75) is 13.5 Å². The van der Waals surface area contributed by atoms with E-state index in [4.69, 9.17) is 5.11 Å². The summed E-state index contributed by atoms with van der Waals surface area (Å²) in [6.07, 6.45) is 1.55. The fourth-order valence-corrected chi connectivity index (χ4v) is 2.34. The maximum absolute atomic E-state index is 11.7. The average Bonchev–Trinajstić information content (AvgIpc) is 2.78. The minimum Gasteiger partial charge on any atom is -0.384 e. The maximum atomic E-state index is 11.7. The second-order valence-corrected chi connectivity index (χ2v) is 4.89. The molecule has 1 N–H and O–H groups in total. The molecule has 0 spiro atoms. The fraction of sp³-hybridized carbons (Fsp3) is 0.231. The van der Waals surface area contributed by atoms with Gasteiger partial charge in [0.25, 0.3) is 5.56 Å². The monoisotopic (exact) mass is 260 g/mol. The van der Waals surface area contributed by atoms with Crippen LogP contribution in [0.25, 0.3) is 0 Å². The number of hydrogen-bond acceptors (Lipinski definition) is 4. The van der Waals surface area contributed by atoms with Gasteiger partial charge in [0.15, 0.2) is 0 Å². The minimum atomic E-state index is -0.144. The van der Waals surface area contributed by atoms with Gasteiger partial charge in [-0.15, -0.1) is 11.3 Å². The van der Waals surface area contributed by atoms with E-state index in [2.05, 4.69) is 16.8 Å². The summed E-state index contributed by atoms with van der Waals surface area (Å²) in [6, 6.07) is 5.33. The highest BCUT2D eigenvalue weighted by Crippen LogP contribution is 2.15. The smallest absolute Gasteiger partial charge is 0.253 e. The van der Waals surface area contributed by atoms with Crippen molar-refractivity contribution >= 4 is 11.3 Å².